The Morgan fingerprint density at radius 1 is 1.25 bits per heavy atom. The Balaban J connectivity index is 2.12. The van der Waals surface area contributed by atoms with Gasteiger partial charge in [-0.2, -0.15) is 0 Å². The second-order valence-electron chi connectivity index (χ2n) is 4.50. The minimum absolute atomic E-state index is 0.351. The highest BCUT2D eigenvalue weighted by molar-refractivity contribution is 5.76. The van der Waals surface area contributed by atoms with Crippen LogP contribution in [0.2, 0.25) is 0 Å². The summed E-state index contributed by atoms with van der Waals surface area (Å²) >= 11 is 0. The summed E-state index contributed by atoms with van der Waals surface area (Å²) in [7, 11) is 0. The van der Waals surface area contributed by atoms with E-state index in [0.717, 1.165) is 16.7 Å². The van der Waals surface area contributed by atoms with E-state index in [4.69, 9.17) is 10.5 Å². The Hall–Kier alpha value is -2.20. The number of benzene rings is 1. The highest BCUT2D eigenvalue weighted by Gasteiger charge is 2.15. The van der Waals surface area contributed by atoms with E-state index >= 15 is 0 Å². The molecule has 0 radical (unpaired) electrons. The average molecular weight is 270 g/mol. The van der Waals surface area contributed by atoms with Gasteiger partial charge in [0.1, 0.15) is 6.04 Å². The molecular weight excluding hydrogens is 252 g/mol. The number of esters is 1. The molecule has 0 fully saturated rings. The molecule has 104 valence electrons. The van der Waals surface area contributed by atoms with Crippen LogP contribution in [0.5, 0.6) is 0 Å². The molecule has 0 saturated heterocycles. The standard InChI is InChI=1S/C16H18N2O2/c1-2-20-16(19)15(17)11-12-4-3-5-14(10-12)13-6-8-18-9-7-13/h3-10,15H,2,11,17H2,1H3/t15-/m1/s1. The van der Waals surface area contributed by atoms with Gasteiger partial charge >= 0.3 is 5.97 Å². The molecular formula is C16H18N2O2. The number of nitrogens with two attached hydrogens (primary N) is 1. The number of hydrogen-bond donors (Lipinski definition) is 1. The molecule has 0 amide bonds. The van der Waals surface area contributed by atoms with Crippen molar-refractivity contribution < 1.29 is 9.53 Å². The third-order valence-corrected chi connectivity index (χ3v) is 2.99. The zero-order valence-electron chi connectivity index (χ0n) is 11.5. The largest absolute Gasteiger partial charge is 0.465 e. The normalized spacial score (nSPS) is 11.9. The Kier molecular flexibility index (Phi) is 4.85. The molecule has 1 aromatic heterocycles. The molecule has 2 N–H and O–H groups in total. The first-order chi connectivity index (χ1) is 9.70. The molecule has 0 aliphatic heterocycles. The first-order valence-corrected chi connectivity index (χ1v) is 6.62. The fourth-order valence-electron chi connectivity index (χ4n) is 2.01. The van der Waals surface area contributed by atoms with Gasteiger partial charge in [0, 0.05) is 12.4 Å². The molecule has 0 unspecified atom stereocenters. The van der Waals surface area contributed by atoms with Crippen molar-refractivity contribution in [3.63, 3.8) is 0 Å². The van der Waals surface area contributed by atoms with Crippen LogP contribution in [0.1, 0.15) is 12.5 Å². The molecule has 2 aromatic rings. The van der Waals surface area contributed by atoms with Crippen molar-refractivity contribution >= 4 is 5.97 Å². The number of aromatic nitrogens is 1. The summed E-state index contributed by atoms with van der Waals surface area (Å²) in [5.41, 5.74) is 9.03. The lowest BCUT2D eigenvalue weighted by atomic mass is 10.0. The Morgan fingerprint density at radius 2 is 2.00 bits per heavy atom. The van der Waals surface area contributed by atoms with Crippen molar-refractivity contribution in [1.82, 2.24) is 4.98 Å². The highest BCUT2D eigenvalue weighted by atomic mass is 16.5. The van der Waals surface area contributed by atoms with Gasteiger partial charge < -0.3 is 10.5 Å². The van der Waals surface area contributed by atoms with Gasteiger partial charge in [-0.05, 0) is 42.2 Å². The van der Waals surface area contributed by atoms with E-state index in [1.165, 1.54) is 0 Å². The predicted octanol–water partition coefficient (Wildman–Crippen LogP) is 2.18. The van der Waals surface area contributed by atoms with Crippen molar-refractivity contribution in [1.29, 1.82) is 0 Å². The number of carbonyl (C=O) groups excluding carboxylic acids is 1. The monoisotopic (exact) mass is 270 g/mol. The van der Waals surface area contributed by atoms with Crippen LogP contribution in [0, 0.1) is 0 Å². The van der Waals surface area contributed by atoms with Gasteiger partial charge in [0.25, 0.3) is 0 Å². The third-order valence-electron chi connectivity index (χ3n) is 2.99. The highest BCUT2D eigenvalue weighted by Crippen LogP contribution is 2.20. The molecule has 1 heterocycles. The molecule has 0 saturated carbocycles. The van der Waals surface area contributed by atoms with Crippen molar-refractivity contribution in [2.45, 2.75) is 19.4 Å². The Morgan fingerprint density at radius 3 is 2.70 bits per heavy atom. The van der Waals surface area contributed by atoms with Crippen LogP contribution in [0.4, 0.5) is 0 Å². The summed E-state index contributed by atoms with van der Waals surface area (Å²) in [5, 5.41) is 0. The van der Waals surface area contributed by atoms with E-state index < -0.39 is 6.04 Å². The maximum absolute atomic E-state index is 11.5. The first kappa shape index (κ1) is 14.2. The van der Waals surface area contributed by atoms with Crippen LogP contribution < -0.4 is 5.73 Å². The second kappa shape index (κ2) is 6.82. The van der Waals surface area contributed by atoms with E-state index in [1.54, 1.807) is 19.3 Å². The molecule has 4 nitrogen and oxygen atoms in total. The van der Waals surface area contributed by atoms with E-state index in [0.29, 0.717) is 13.0 Å². The average Bonchev–Trinajstić information content (AvgIpc) is 2.48. The number of pyridine rings is 1. The topological polar surface area (TPSA) is 65.2 Å². The summed E-state index contributed by atoms with van der Waals surface area (Å²) in [6.07, 6.45) is 3.98. The lowest BCUT2D eigenvalue weighted by Crippen LogP contribution is -2.34. The third kappa shape index (κ3) is 3.65. The summed E-state index contributed by atoms with van der Waals surface area (Å²) in [4.78, 5) is 15.6. The lowest BCUT2D eigenvalue weighted by Gasteiger charge is -2.11. The fourth-order valence-corrected chi connectivity index (χ4v) is 2.01. The van der Waals surface area contributed by atoms with Gasteiger partial charge in [-0.1, -0.05) is 24.3 Å². The lowest BCUT2D eigenvalue weighted by molar-refractivity contribution is -0.144. The van der Waals surface area contributed by atoms with Gasteiger partial charge in [0.05, 0.1) is 6.61 Å². The van der Waals surface area contributed by atoms with Gasteiger partial charge in [0.2, 0.25) is 0 Å². The number of rotatable bonds is 5. The maximum Gasteiger partial charge on any atom is 0.323 e. The van der Waals surface area contributed by atoms with Gasteiger partial charge in [-0.3, -0.25) is 9.78 Å². The minimum atomic E-state index is -0.623. The molecule has 0 spiro atoms. The van der Waals surface area contributed by atoms with Crippen LogP contribution in [0.3, 0.4) is 0 Å². The molecule has 0 bridgehead atoms. The number of carbonyl (C=O) groups is 1. The molecule has 0 aliphatic carbocycles. The second-order valence-corrected chi connectivity index (χ2v) is 4.50. The fraction of sp³-hybridized carbons (Fsp3) is 0.250. The predicted molar refractivity (Wildman–Crippen MR) is 78.0 cm³/mol. The van der Waals surface area contributed by atoms with E-state index in [9.17, 15) is 4.79 Å². The smallest absolute Gasteiger partial charge is 0.323 e. The summed E-state index contributed by atoms with van der Waals surface area (Å²) in [5.74, 6) is -0.359. The maximum atomic E-state index is 11.5. The van der Waals surface area contributed by atoms with Crippen molar-refractivity contribution in [2.24, 2.45) is 5.73 Å². The molecule has 4 heteroatoms. The Labute approximate surface area is 118 Å². The SMILES string of the molecule is CCOC(=O)[C@H](N)Cc1cccc(-c2ccncc2)c1. The van der Waals surface area contributed by atoms with E-state index in [2.05, 4.69) is 4.98 Å². The van der Waals surface area contributed by atoms with Gasteiger partial charge in [-0.25, -0.2) is 0 Å². The zero-order valence-corrected chi connectivity index (χ0v) is 11.5. The number of hydrogen-bond acceptors (Lipinski definition) is 4. The van der Waals surface area contributed by atoms with Gasteiger partial charge in [-0.15, -0.1) is 0 Å². The van der Waals surface area contributed by atoms with Crippen molar-refractivity contribution in [3.8, 4) is 11.1 Å². The molecule has 0 aliphatic rings. The molecule has 1 aromatic carbocycles. The number of ether oxygens (including phenoxy) is 1. The summed E-state index contributed by atoms with van der Waals surface area (Å²) < 4.78 is 4.92. The van der Waals surface area contributed by atoms with Crippen molar-refractivity contribution in [2.75, 3.05) is 6.61 Å². The molecule has 2 rings (SSSR count). The summed E-state index contributed by atoms with van der Waals surface area (Å²) in [6.45, 7) is 2.12. The molecule has 1 atom stereocenters. The zero-order chi connectivity index (χ0) is 14.4. The van der Waals surface area contributed by atoms with Crippen LogP contribution in [-0.2, 0) is 16.0 Å². The van der Waals surface area contributed by atoms with E-state index in [-0.39, 0.29) is 5.97 Å². The van der Waals surface area contributed by atoms with Crippen LogP contribution in [0.15, 0.2) is 48.8 Å². The van der Waals surface area contributed by atoms with E-state index in [1.807, 2.05) is 36.4 Å². The Bertz CT molecular complexity index is 570. The number of nitrogens with zero attached hydrogens (tertiary/aromatic N) is 1. The van der Waals surface area contributed by atoms with Gasteiger partial charge in [0.15, 0.2) is 0 Å². The van der Waals surface area contributed by atoms with Crippen molar-refractivity contribution in [3.05, 3.63) is 54.4 Å². The van der Waals surface area contributed by atoms with Crippen LogP contribution in [-0.4, -0.2) is 23.6 Å². The summed E-state index contributed by atoms with van der Waals surface area (Å²) in [6, 6.07) is 11.3. The quantitative estimate of drug-likeness (QED) is 0.846. The molecule has 20 heavy (non-hydrogen) atoms. The van der Waals surface area contributed by atoms with Crippen LogP contribution >= 0.6 is 0 Å². The first-order valence-electron chi connectivity index (χ1n) is 6.62. The van der Waals surface area contributed by atoms with Crippen LogP contribution in [0.25, 0.3) is 11.1 Å². The minimum Gasteiger partial charge on any atom is -0.465 e.